The van der Waals surface area contributed by atoms with Crippen LogP contribution in [0.4, 0.5) is 0 Å². The molecular weight excluding hydrogens is 278 g/mol. The minimum Gasteiger partial charge on any atom is -0.468 e. The van der Waals surface area contributed by atoms with Gasteiger partial charge in [-0.2, -0.15) is 4.31 Å². The van der Waals surface area contributed by atoms with E-state index in [0.29, 0.717) is 18.5 Å². The van der Waals surface area contributed by atoms with Crippen molar-refractivity contribution >= 4 is 16.0 Å². The van der Waals surface area contributed by atoms with Crippen LogP contribution in [-0.4, -0.2) is 38.4 Å². The molecule has 0 aliphatic carbocycles. The number of methoxy groups -OCH3 is 1. The minimum atomic E-state index is -3.56. The monoisotopic (exact) mass is 299 g/mol. The first-order chi connectivity index (χ1) is 9.42. The second-order valence-electron chi connectivity index (χ2n) is 4.55. The van der Waals surface area contributed by atoms with Crippen LogP contribution < -0.4 is 0 Å². The van der Waals surface area contributed by atoms with Crippen molar-refractivity contribution in [2.45, 2.75) is 32.1 Å². The van der Waals surface area contributed by atoms with Gasteiger partial charge in [0.2, 0.25) is 10.0 Å². The number of nitrogens with zero attached hydrogens (tertiary/aromatic N) is 1. The molecular formula is C14H21NO4S. The molecule has 0 aliphatic rings. The van der Waals surface area contributed by atoms with Crippen LogP contribution in [0.5, 0.6) is 0 Å². The number of esters is 1. The minimum absolute atomic E-state index is 0.116. The lowest BCUT2D eigenvalue weighted by molar-refractivity contribution is -0.144. The molecule has 0 spiro atoms. The molecule has 0 amide bonds. The van der Waals surface area contributed by atoms with E-state index < -0.39 is 22.0 Å². The van der Waals surface area contributed by atoms with Gasteiger partial charge < -0.3 is 4.74 Å². The maximum absolute atomic E-state index is 12.5. The van der Waals surface area contributed by atoms with Crippen LogP contribution >= 0.6 is 0 Å². The molecule has 0 saturated heterocycles. The molecule has 0 N–H and O–H groups in total. The second kappa shape index (κ2) is 7.40. The summed E-state index contributed by atoms with van der Waals surface area (Å²) in [6.07, 6.45) is 0.634. The maximum Gasteiger partial charge on any atom is 0.323 e. The lowest BCUT2D eigenvalue weighted by Gasteiger charge is -2.26. The van der Waals surface area contributed by atoms with Gasteiger partial charge in [0.15, 0.2) is 0 Å². The van der Waals surface area contributed by atoms with Crippen molar-refractivity contribution in [1.82, 2.24) is 4.31 Å². The third-order valence-electron chi connectivity index (χ3n) is 2.97. The van der Waals surface area contributed by atoms with Gasteiger partial charge >= 0.3 is 5.97 Å². The molecule has 1 aromatic carbocycles. The summed E-state index contributed by atoms with van der Waals surface area (Å²) in [4.78, 5) is 11.6. The lowest BCUT2D eigenvalue weighted by Crippen LogP contribution is -2.44. The SMILES string of the molecule is CCCN(C(C)C(=O)OC)S(=O)(=O)Cc1ccccc1. The van der Waals surface area contributed by atoms with Gasteiger partial charge in [-0.3, -0.25) is 4.79 Å². The van der Waals surface area contributed by atoms with Crippen molar-refractivity contribution < 1.29 is 17.9 Å². The molecule has 0 aliphatic heterocycles. The molecule has 0 heterocycles. The third kappa shape index (κ3) is 4.31. The van der Waals surface area contributed by atoms with Crippen LogP contribution in [0.2, 0.25) is 0 Å². The molecule has 5 nitrogen and oxygen atoms in total. The van der Waals surface area contributed by atoms with Crippen LogP contribution in [0.15, 0.2) is 30.3 Å². The van der Waals surface area contributed by atoms with Gasteiger partial charge in [0.25, 0.3) is 0 Å². The van der Waals surface area contributed by atoms with Gasteiger partial charge in [-0.25, -0.2) is 8.42 Å². The Hall–Kier alpha value is -1.40. The molecule has 6 heteroatoms. The Morgan fingerprint density at radius 1 is 1.30 bits per heavy atom. The van der Waals surface area contributed by atoms with E-state index in [-0.39, 0.29) is 5.75 Å². The highest BCUT2D eigenvalue weighted by atomic mass is 32.2. The Balaban J connectivity index is 2.97. The highest BCUT2D eigenvalue weighted by Crippen LogP contribution is 2.15. The van der Waals surface area contributed by atoms with Gasteiger partial charge in [-0.05, 0) is 18.9 Å². The van der Waals surface area contributed by atoms with Crippen molar-refractivity contribution in [3.8, 4) is 0 Å². The van der Waals surface area contributed by atoms with Crippen LogP contribution in [0.3, 0.4) is 0 Å². The molecule has 0 fully saturated rings. The first-order valence-electron chi connectivity index (χ1n) is 6.53. The smallest absolute Gasteiger partial charge is 0.323 e. The van der Waals surface area contributed by atoms with E-state index in [4.69, 9.17) is 0 Å². The predicted octanol–water partition coefficient (Wildman–Crippen LogP) is 1.79. The summed E-state index contributed by atoms with van der Waals surface area (Å²) < 4.78 is 30.8. The van der Waals surface area contributed by atoms with E-state index in [1.54, 1.807) is 31.2 Å². The molecule has 1 unspecified atom stereocenters. The number of rotatable bonds is 7. The van der Waals surface area contributed by atoms with Crippen molar-refractivity contribution in [2.75, 3.05) is 13.7 Å². The fraction of sp³-hybridized carbons (Fsp3) is 0.500. The standard InChI is InChI=1S/C14H21NO4S/c1-4-10-15(12(2)14(16)19-3)20(17,18)11-13-8-6-5-7-9-13/h5-9,12H,4,10-11H2,1-3H3. The molecule has 0 saturated carbocycles. The first-order valence-corrected chi connectivity index (χ1v) is 8.14. The summed E-state index contributed by atoms with van der Waals surface area (Å²) in [5, 5.41) is 0. The quantitative estimate of drug-likeness (QED) is 0.720. The zero-order valence-corrected chi connectivity index (χ0v) is 12.9. The summed E-state index contributed by atoms with van der Waals surface area (Å²) >= 11 is 0. The van der Waals surface area contributed by atoms with E-state index in [2.05, 4.69) is 4.74 Å². The molecule has 1 rings (SSSR count). The third-order valence-corrected chi connectivity index (χ3v) is 4.88. The molecule has 1 atom stereocenters. The molecule has 0 bridgehead atoms. The first kappa shape index (κ1) is 16.7. The summed E-state index contributed by atoms with van der Waals surface area (Å²) in [5.41, 5.74) is 0.700. The number of carbonyl (C=O) groups is 1. The normalized spacial score (nSPS) is 13.2. The second-order valence-corrected chi connectivity index (χ2v) is 6.47. The number of hydrogen-bond donors (Lipinski definition) is 0. The Morgan fingerprint density at radius 3 is 2.40 bits per heavy atom. The van der Waals surface area contributed by atoms with Gasteiger partial charge in [-0.15, -0.1) is 0 Å². The highest BCUT2D eigenvalue weighted by molar-refractivity contribution is 7.88. The highest BCUT2D eigenvalue weighted by Gasteiger charge is 2.31. The van der Waals surface area contributed by atoms with Gasteiger partial charge in [0.1, 0.15) is 6.04 Å². The van der Waals surface area contributed by atoms with E-state index in [9.17, 15) is 13.2 Å². The van der Waals surface area contributed by atoms with E-state index in [1.807, 2.05) is 13.0 Å². The fourth-order valence-electron chi connectivity index (χ4n) is 1.95. The molecule has 0 radical (unpaired) electrons. The van der Waals surface area contributed by atoms with Gasteiger partial charge in [0.05, 0.1) is 12.9 Å². The summed E-state index contributed by atoms with van der Waals surface area (Å²) in [7, 11) is -2.30. The van der Waals surface area contributed by atoms with Crippen LogP contribution in [0.25, 0.3) is 0 Å². The van der Waals surface area contributed by atoms with Crippen LogP contribution in [-0.2, 0) is 25.3 Å². The van der Waals surface area contributed by atoms with Crippen molar-refractivity contribution in [3.63, 3.8) is 0 Å². The largest absolute Gasteiger partial charge is 0.468 e. The summed E-state index contributed by atoms with van der Waals surface area (Å²) in [6, 6.07) is 8.11. The molecule has 20 heavy (non-hydrogen) atoms. The van der Waals surface area contributed by atoms with Crippen LogP contribution in [0.1, 0.15) is 25.8 Å². The summed E-state index contributed by atoms with van der Waals surface area (Å²) in [5.74, 6) is -0.662. The predicted molar refractivity (Wildman–Crippen MR) is 77.5 cm³/mol. The lowest BCUT2D eigenvalue weighted by atomic mass is 10.2. The Bertz CT molecular complexity index is 527. The zero-order chi connectivity index (χ0) is 15.2. The fourth-order valence-corrected chi connectivity index (χ4v) is 3.76. The number of benzene rings is 1. The zero-order valence-electron chi connectivity index (χ0n) is 12.1. The van der Waals surface area contributed by atoms with Crippen molar-refractivity contribution in [1.29, 1.82) is 0 Å². The Kier molecular flexibility index (Phi) is 6.16. The average molecular weight is 299 g/mol. The van der Waals surface area contributed by atoms with Crippen LogP contribution in [0, 0.1) is 0 Å². The van der Waals surface area contributed by atoms with Crippen molar-refractivity contribution in [3.05, 3.63) is 35.9 Å². The number of hydrogen-bond acceptors (Lipinski definition) is 4. The maximum atomic E-state index is 12.5. The molecule has 0 aromatic heterocycles. The number of ether oxygens (including phenoxy) is 1. The van der Waals surface area contributed by atoms with E-state index in [0.717, 1.165) is 0 Å². The van der Waals surface area contributed by atoms with Gasteiger partial charge in [0, 0.05) is 6.54 Å². The Morgan fingerprint density at radius 2 is 1.90 bits per heavy atom. The number of carbonyl (C=O) groups excluding carboxylic acids is 1. The molecule has 112 valence electrons. The number of sulfonamides is 1. The summed E-state index contributed by atoms with van der Waals surface area (Å²) in [6.45, 7) is 3.71. The van der Waals surface area contributed by atoms with E-state index >= 15 is 0 Å². The van der Waals surface area contributed by atoms with Gasteiger partial charge in [-0.1, -0.05) is 37.3 Å². The van der Waals surface area contributed by atoms with Crippen molar-refractivity contribution in [2.24, 2.45) is 0 Å². The molecule has 1 aromatic rings. The topological polar surface area (TPSA) is 63.7 Å². The Labute approximate surface area is 120 Å². The average Bonchev–Trinajstić information content (AvgIpc) is 2.43. The van der Waals surface area contributed by atoms with E-state index in [1.165, 1.54) is 11.4 Å².